The van der Waals surface area contributed by atoms with E-state index in [1.807, 2.05) is 0 Å². The van der Waals surface area contributed by atoms with Crippen molar-refractivity contribution in [3.05, 3.63) is 70.2 Å². The topological polar surface area (TPSA) is 20.2 Å². The molecule has 0 saturated carbocycles. The molecule has 1 unspecified atom stereocenters. The minimum Gasteiger partial charge on any atom is -0.384 e. The summed E-state index contributed by atoms with van der Waals surface area (Å²) in [5, 5.41) is 10.2. The van der Waals surface area contributed by atoms with E-state index in [9.17, 15) is 13.9 Å². The number of aliphatic hydroxyl groups excluding tert-OH is 1. The second kappa shape index (κ2) is 4.82. The van der Waals surface area contributed by atoms with Gasteiger partial charge in [-0.25, -0.2) is 8.78 Å². The van der Waals surface area contributed by atoms with Crippen molar-refractivity contribution in [1.29, 1.82) is 0 Å². The van der Waals surface area contributed by atoms with Gasteiger partial charge in [0, 0.05) is 5.02 Å². The molecule has 0 saturated heterocycles. The molecule has 0 aromatic heterocycles. The smallest absolute Gasteiger partial charge is 0.125 e. The molecule has 1 atom stereocenters. The van der Waals surface area contributed by atoms with E-state index in [2.05, 4.69) is 0 Å². The monoisotopic (exact) mass is 254 g/mol. The molecule has 2 aromatic carbocycles. The minimum absolute atomic E-state index is 0.190. The van der Waals surface area contributed by atoms with Crippen molar-refractivity contribution in [2.45, 2.75) is 6.10 Å². The van der Waals surface area contributed by atoms with Crippen LogP contribution in [0.4, 0.5) is 8.78 Å². The van der Waals surface area contributed by atoms with Crippen molar-refractivity contribution in [2.24, 2.45) is 0 Å². The maximum atomic E-state index is 13.1. The molecule has 17 heavy (non-hydrogen) atoms. The van der Waals surface area contributed by atoms with E-state index in [0.717, 1.165) is 6.07 Å². The number of hydrogen-bond donors (Lipinski definition) is 1. The molecule has 0 bridgehead atoms. The third-order valence-corrected chi connectivity index (χ3v) is 2.58. The van der Waals surface area contributed by atoms with Crippen molar-refractivity contribution in [1.82, 2.24) is 0 Å². The van der Waals surface area contributed by atoms with Crippen molar-refractivity contribution in [3.63, 3.8) is 0 Å². The van der Waals surface area contributed by atoms with Crippen molar-refractivity contribution in [3.8, 4) is 0 Å². The molecule has 2 rings (SSSR count). The Labute approximate surface area is 102 Å². The van der Waals surface area contributed by atoms with E-state index in [1.54, 1.807) is 6.07 Å². The summed E-state index contributed by atoms with van der Waals surface area (Å²) in [7, 11) is 0. The third-order valence-electron chi connectivity index (χ3n) is 2.37. The van der Waals surface area contributed by atoms with Crippen molar-refractivity contribution < 1.29 is 13.9 Å². The molecule has 0 amide bonds. The molecule has 1 nitrogen and oxygen atoms in total. The lowest BCUT2D eigenvalue weighted by atomic mass is 10.0. The molecule has 2 aromatic rings. The molecule has 4 heteroatoms. The fourth-order valence-electron chi connectivity index (χ4n) is 1.60. The highest BCUT2D eigenvalue weighted by Gasteiger charge is 2.12. The molecule has 0 aliphatic rings. The Morgan fingerprint density at radius 3 is 2.29 bits per heavy atom. The second-order valence-corrected chi connectivity index (χ2v) is 4.10. The molecule has 0 fully saturated rings. The molecule has 88 valence electrons. The van der Waals surface area contributed by atoms with Crippen LogP contribution in [0.2, 0.25) is 5.02 Å². The van der Waals surface area contributed by atoms with Crippen LogP contribution in [0.25, 0.3) is 0 Å². The SMILES string of the molecule is OC(c1cccc(F)c1)c1cc(F)cc(Cl)c1. The summed E-state index contributed by atoms with van der Waals surface area (Å²) in [4.78, 5) is 0. The van der Waals surface area contributed by atoms with Crippen LogP contribution in [0.1, 0.15) is 17.2 Å². The van der Waals surface area contributed by atoms with Crippen LogP contribution in [-0.4, -0.2) is 5.11 Å². The molecule has 0 heterocycles. The number of hydrogen-bond acceptors (Lipinski definition) is 1. The van der Waals surface area contributed by atoms with Crippen LogP contribution in [0, 0.1) is 11.6 Å². The highest BCUT2D eigenvalue weighted by atomic mass is 35.5. The first kappa shape index (κ1) is 12.0. The highest BCUT2D eigenvalue weighted by Crippen LogP contribution is 2.25. The van der Waals surface area contributed by atoms with E-state index < -0.39 is 17.7 Å². The maximum Gasteiger partial charge on any atom is 0.125 e. The quantitative estimate of drug-likeness (QED) is 0.866. The first-order chi connectivity index (χ1) is 8.06. The van der Waals surface area contributed by atoms with Gasteiger partial charge < -0.3 is 5.11 Å². The Morgan fingerprint density at radius 2 is 1.65 bits per heavy atom. The lowest BCUT2D eigenvalue weighted by Gasteiger charge is -2.12. The molecule has 0 aliphatic heterocycles. The molecule has 1 N–H and O–H groups in total. The van der Waals surface area contributed by atoms with Crippen LogP contribution in [-0.2, 0) is 0 Å². The predicted octanol–water partition coefficient (Wildman–Crippen LogP) is 3.70. The van der Waals surface area contributed by atoms with Crippen molar-refractivity contribution in [2.75, 3.05) is 0 Å². The zero-order valence-electron chi connectivity index (χ0n) is 8.70. The average Bonchev–Trinajstić information content (AvgIpc) is 2.26. The van der Waals surface area contributed by atoms with Gasteiger partial charge in [-0.1, -0.05) is 23.7 Å². The van der Waals surface area contributed by atoms with E-state index in [-0.39, 0.29) is 5.02 Å². The summed E-state index contributed by atoms with van der Waals surface area (Å²) in [6.07, 6.45) is -1.10. The first-order valence-electron chi connectivity index (χ1n) is 4.96. The van der Waals surface area contributed by atoms with Crippen LogP contribution >= 0.6 is 11.6 Å². The van der Waals surface area contributed by atoms with Crippen LogP contribution in [0.15, 0.2) is 42.5 Å². The van der Waals surface area contributed by atoms with Gasteiger partial charge in [-0.3, -0.25) is 0 Å². The van der Waals surface area contributed by atoms with Gasteiger partial charge in [0.15, 0.2) is 0 Å². The number of rotatable bonds is 2. The Bertz CT molecular complexity index is 522. The van der Waals surface area contributed by atoms with Crippen LogP contribution < -0.4 is 0 Å². The average molecular weight is 255 g/mol. The summed E-state index contributed by atoms with van der Waals surface area (Å²) in [6, 6.07) is 9.27. The molecular weight excluding hydrogens is 246 g/mol. The normalized spacial score (nSPS) is 12.5. The largest absolute Gasteiger partial charge is 0.384 e. The zero-order chi connectivity index (χ0) is 12.4. The molecule has 0 spiro atoms. The summed E-state index contributed by atoms with van der Waals surface area (Å²) >= 11 is 5.69. The molecular formula is C13H9ClF2O. The van der Waals surface area contributed by atoms with E-state index >= 15 is 0 Å². The van der Waals surface area contributed by atoms with Gasteiger partial charge in [-0.2, -0.15) is 0 Å². The van der Waals surface area contributed by atoms with Gasteiger partial charge in [0.05, 0.1) is 0 Å². The highest BCUT2D eigenvalue weighted by molar-refractivity contribution is 6.30. The third kappa shape index (κ3) is 2.81. The number of halogens is 3. The lowest BCUT2D eigenvalue weighted by Crippen LogP contribution is -2.00. The van der Waals surface area contributed by atoms with Crippen LogP contribution in [0.3, 0.4) is 0 Å². The van der Waals surface area contributed by atoms with Gasteiger partial charge in [0.1, 0.15) is 17.7 Å². The summed E-state index contributed by atoms with van der Waals surface area (Å²) in [6.45, 7) is 0. The molecule has 0 aliphatic carbocycles. The standard InChI is InChI=1S/C13H9ClF2O/c14-10-4-9(6-12(16)7-10)13(17)8-2-1-3-11(15)5-8/h1-7,13,17H. The lowest BCUT2D eigenvalue weighted by molar-refractivity contribution is 0.219. The number of aliphatic hydroxyl groups is 1. The fourth-order valence-corrected chi connectivity index (χ4v) is 1.83. The Hall–Kier alpha value is -1.45. The van der Waals surface area contributed by atoms with Crippen molar-refractivity contribution >= 4 is 11.6 Å². The second-order valence-electron chi connectivity index (χ2n) is 3.66. The summed E-state index contributed by atoms with van der Waals surface area (Å²) in [5.41, 5.74) is 0.646. The maximum absolute atomic E-state index is 13.1. The van der Waals surface area contributed by atoms with Gasteiger partial charge in [-0.05, 0) is 41.5 Å². The van der Waals surface area contributed by atoms with E-state index in [4.69, 9.17) is 11.6 Å². The van der Waals surface area contributed by atoms with E-state index in [0.29, 0.717) is 11.1 Å². The molecule has 0 radical (unpaired) electrons. The Morgan fingerprint density at radius 1 is 0.941 bits per heavy atom. The van der Waals surface area contributed by atoms with Gasteiger partial charge in [0.25, 0.3) is 0 Å². The first-order valence-corrected chi connectivity index (χ1v) is 5.33. The van der Waals surface area contributed by atoms with Crippen LogP contribution in [0.5, 0.6) is 0 Å². The van der Waals surface area contributed by atoms with Gasteiger partial charge in [-0.15, -0.1) is 0 Å². The van der Waals surface area contributed by atoms with Gasteiger partial charge in [0.2, 0.25) is 0 Å². The minimum atomic E-state index is -1.10. The summed E-state index contributed by atoms with van der Waals surface area (Å²) in [5.74, 6) is -0.994. The zero-order valence-corrected chi connectivity index (χ0v) is 9.46. The Kier molecular flexibility index (Phi) is 3.41. The predicted molar refractivity (Wildman–Crippen MR) is 61.9 cm³/mol. The Balaban J connectivity index is 2.39. The fraction of sp³-hybridized carbons (Fsp3) is 0.0769. The van der Waals surface area contributed by atoms with Gasteiger partial charge >= 0.3 is 0 Å². The van der Waals surface area contributed by atoms with E-state index in [1.165, 1.54) is 30.3 Å². The summed E-state index contributed by atoms with van der Waals surface area (Å²) < 4.78 is 26.1. The number of benzene rings is 2.